The van der Waals surface area contributed by atoms with Crippen molar-refractivity contribution < 1.29 is 9.53 Å². The normalized spacial score (nSPS) is 10.6. The summed E-state index contributed by atoms with van der Waals surface area (Å²) in [7, 11) is 1.46. The summed E-state index contributed by atoms with van der Waals surface area (Å²) in [6, 6.07) is 7.00. The second kappa shape index (κ2) is 6.74. The fourth-order valence-corrected chi connectivity index (χ4v) is 2.12. The standard InChI is InChI=1S/C13H13Cl2N3O2/c1-20-8-13(19)16-12-4-5-18(17-12)7-9-2-3-10(14)6-11(9)15/h2-6H,7-8H2,1H3,(H,16,17,19). The molecule has 1 aromatic carbocycles. The van der Waals surface area contributed by atoms with Gasteiger partial charge in [-0.3, -0.25) is 9.48 Å². The molecule has 0 radical (unpaired) electrons. The fraction of sp³-hybridized carbons (Fsp3) is 0.231. The van der Waals surface area contributed by atoms with Crippen LogP contribution in [0.25, 0.3) is 0 Å². The van der Waals surface area contributed by atoms with E-state index in [0.717, 1.165) is 5.56 Å². The predicted molar refractivity (Wildman–Crippen MR) is 78.3 cm³/mol. The van der Waals surface area contributed by atoms with Gasteiger partial charge < -0.3 is 10.1 Å². The van der Waals surface area contributed by atoms with Crippen LogP contribution in [0.4, 0.5) is 5.82 Å². The monoisotopic (exact) mass is 313 g/mol. The van der Waals surface area contributed by atoms with Crippen LogP contribution < -0.4 is 5.32 Å². The van der Waals surface area contributed by atoms with E-state index in [1.807, 2.05) is 6.07 Å². The molecule has 2 rings (SSSR count). The number of halogens is 2. The van der Waals surface area contributed by atoms with Crippen LogP contribution in [0.5, 0.6) is 0 Å². The highest BCUT2D eigenvalue weighted by atomic mass is 35.5. The zero-order valence-corrected chi connectivity index (χ0v) is 12.3. The zero-order valence-electron chi connectivity index (χ0n) is 10.8. The SMILES string of the molecule is COCC(=O)Nc1ccn(Cc2ccc(Cl)cc2Cl)n1. The summed E-state index contributed by atoms with van der Waals surface area (Å²) in [6.07, 6.45) is 1.76. The number of rotatable bonds is 5. The third-order valence-corrected chi connectivity index (χ3v) is 3.12. The van der Waals surface area contributed by atoms with E-state index in [0.29, 0.717) is 22.4 Å². The molecule has 1 aromatic heterocycles. The van der Waals surface area contributed by atoms with Crippen molar-refractivity contribution in [2.75, 3.05) is 19.0 Å². The van der Waals surface area contributed by atoms with E-state index in [4.69, 9.17) is 27.9 Å². The summed E-state index contributed by atoms with van der Waals surface area (Å²) in [5.74, 6) is 0.222. The van der Waals surface area contributed by atoms with Crippen LogP contribution in [-0.2, 0) is 16.1 Å². The summed E-state index contributed by atoms with van der Waals surface area (Å²) in [5, 5.41) is 8.02. The maximum atomic E-state index is 11.4. The Morgan fingerprint density at radius 2 is 2.20 bits per heavy atom. The number of amides is 1. The van der Waals surface area contributed by atoms with E-state index in [2.05, 4.69) is 10.4 Å². The number of hydrogen-bond acceptors (Lipinski definition) is 3. The van der Waals surface area contributed by atoms with Crippen molar-refractivity contribution in [1.82, 2.24) is 9.78 Å². The lowest BCUT2D eigenvalue weighted by molar-refractivity contribution is -0.119. The molecule has 2 aromatic rings. The van der Waals surface area contributed by atoms with Crippen molar-refractivity contribution in [2.24, 2.45) is 0 Å². The fourth-order valence-electron chi connectivity index (χ4n) is 1.65. The van der Waals surface area contributed by atoms with E-state index in [1.165, 1.54) is 7.11 Å². The molecule has 1 heterocycles. The molecule has 5 nitrogen and oxygen atoms in total. The molecule has 0 unspecified atom stereocenters. The van der Waals surface area contributed by atoms with E-state index in [-0.39, 0.29) is 12.5 Å². The summed E-state index contributed by atoms with van der Waals surface area (Å²) < 4.78 is 6.41. The zero-order chi connectivity index (χ0) is 14.5. The molecular formula is C13H13Cl2N3O2. The number of ether oxygens (including phenoxy) is 1. The lowest BCUT2D eigenvalue weighted by Crippen LogP contribution is -2.17. The summed E-state index contributed by atoms with van der Waals surface area (Å²) in [4.78, 5) is 11.4. The second-order valence-corrected chi connectivity index (χ2v) is 4.96. The Morgan fingerprint density at radius 3 is 2.90 bits per heavy atom. The first-order valence-corrected chi connectivity index (χ1v) is 6.60. The Bertz CT molecular complexity index is 613. The number of methoxy groups -OCH3 is 1. The average Bonchev–Trinajstić information content (AvgIpc) is 2.80. The number of carbonyl (C=O) groups is 1. The smallest absolute Gasteiger partial charge is 0.251 e. The Kier molecular flexibility index (Phi) is 5.00. The minimum atomic E-state index is -0.248. The van der Waals surface area contributed by atoms with Crippen LogP contribution in [-0.4, -0.2) is 29.4 Å². The molecule has 20 heavy (non-hydrogen) atoms. The molecule has 106 valence electrons. The molecule has 0 bridgehead atoms. The number of nitrogens with zero attached hydrogens (tertiary/aromatic N) is 2. The Labute approximate surface area is 126 Å². The first kappa shape index (κ1) is 14.8. The lowest BCUT2D eigenvalue weighted by Gasteiger charge is -2.05. The molecule has 0 aliphatic rings. The number of aromatic nitrogens is 2. The van der Waals surface area contributed by atoms with Crippen LogP contribution in [0.3, 0.4) is 0 Å². The highest BCUT2D eigenvalue weighted by Crippen LogP contribution is 2.21. The minimum Gasteiger partial charge on any atom is -0.375 e. The van der Waals surface area contributed by atoms with Gasteiger partial charge in [-0.2, -0.15) is 5.10 Å². The highest BCUT2D eigenvalue weighted by molar-refractivity contribution is 6.35. The quantitative estimate of drug-likeness (QED) is 0.923. The first-order chi connectivity index (χ1) is 9.58. The van der Waals surface area contributed by atoms with Crippen LogP contribution in [0, 0.1) is 0 Å². The summed E-state index contributed by atoms with van der Waals surface area (Å²) in [6.45, 7) is 0.492. The van der Waals surface area contributed by atoms with Crippen molar-refractivity contribution >= 4 is 34.9 Å². The van der Waals surface area contributed by atoms with Crippen LogP contribution in [0.15, 0.2) is 30.5 Å². The van der Waals surface area contributed by atoms with Gasteiger partial charge in [-0.25, -0.2) is 0 Å². The van der Waals surface area contributed by atoms with E-state index < -0.39 is 0 Å². The maximum Gasteiger partial charge on any atom is 0.251 e. The minimum absolute atomic E-state index is 0.00409. The molecule has 1 amide bonds. The summed E-state index contributed by atoms with van der Waals surface area (Å²) >= 11 is 11.9. The number of benzene rings is 1. The molecule has 0 aliphatic heterocycles. The van der Waals surface area contributed by atoms with Gasteiger partial charge in [0.15, 0.2) is 5.82 Å². The largest absolute Gasteiger partial charge is 0.375 e. The molecule has 0 atom stereocenters. The van der Waals surface area contributed by atoms with E-state index in [9.17, 15) is 4.79 Å². The number of nitrogens with one attached hydrogen (secondary N) is 1. The summed E-state index contributed by atoms with van der Waals surface area (Å²) in [5.41, 5.74) is 0.897. The Balaban J connectivity index is 2.04. The maximum absolute atomic E-state index is 11.4. The molecule has 0 saturated heterocycles. The van der Waals surface area contributed by atoms with Crippen molar-refractivity contribution in [3.05, 3.63) is 46.1 Å². The van der Waals surface area contributed by atoms with Gasteiger partial charge in [0.05, 0.1) is 6.54 Å². The number of anilines is 1. The van der Waals surface area contributed by atoms with Gasteiger partial charge in [0, 0.05) is 29.4 Å². The highest BCUT2D eigenvalue weighted by Gasteiger charge is 2.06. The Hall–Kier alpha value is -1.56. The van der Waals surface area contributed by atoms with Gasteiger partial charge in [-0.15, -0.1) is 0 Å². The predicted octanol–water partition coefficient (Wildman–Crippen LogP) is 2.82. The number of hydrogen-bond donors (Lipinski definition) is 1. The van der Waals surface area contributed by atoms with E-state index >= 15 is 0 Å². The first-order valence-electron chi connectivity index (χ1n) is 5.84. The molecule has 0 saturated carbocycles. The van der Waals surface area contributed by atoms with Gasteiger partial charge >= 0.3 is 0 Å². The van der Waals surface area contributed by atoms with Crippen molar-refractivity contribution in [3.63, 3.8) is 0 Å². The topological polar surface area (TPSA) is 56.1 Å². The molecule has 1 N–H and O–H groups in total. The van der Waals surface area contributed by atoms with Crippen molar-refractivity contribution in [2.45, 2.75) is 6.54 Å². The molecular weight excluding hydrogens is 301 g/mol. The number of carbonyl (C=O) groups excluding carboxylic acids is 1. The molecule has 0 spiro atoms. The Morgan fingerprint density at radius 1 is 1.40 bits per heavy atom. The average molecular weight is 314 g/mol. The molecule has 7 heteroatoms. The van der Waals surface area contributed by atoms with Crippen molar-refractivity contribution in [3.8, 4) is 0 Å². The van der Waals surface area contributed by atoms with Crippen LogP contribution in [0.1, 0.15) is 5.56 Å². The molecule has 0 aliphatic carbocycles. The van der Waals surface area contributed by atoms with Gasteiger partial charge in [0.2, 0.25) is 0 Å². The van der Waals surface area contributed by atoms with Crippen LogP contribution in [0.2, 0.25) is 10.0 Å². The van der Waals surface area contributed by atoms with Gasteiger partial charge in [0.1, 0.15) is 6.61 Å². The van der Waals surface area contributed by atoms with E-state index in [1.54, 1.807) is 29.1 Å². The van der Waals surface area contributed by atoms with Crippen LogP contribution >= 0.6 is 23.2 Å². The lowest BCUT2D eigenvalue weighted by atomic mass is 10.2. The van der Waals surface area contributed by atoms with Gasteiger partial charge in [-0.1, -0.05) is 29.3 Å². The second-order valence-electron chi connectivity index (χ2n) is 4.12. The third kappa shape index (κ3) is 3.96. The van der Waals surface area contributed by atoms with Gasteiger partial charge in [0.25, 0.3) is 5.91 Å². The van der Waals surface area contributed by atoms with Crippen molar-refractivity contribution in [1.29, 1.82) is 0 Å². The molecule has 0 fully saturated rings. The third-order valence-electron chi connectivity index (χ3n) is 2.53. The van der Waals surface area contributed by atoms with Gasteiger partial charge in [-0.05, 0) is 17.7 Å².